The van der Waals surface area contributed by atoms with Crippen LogP contribution in [0.4, 0.5) is 0 Å². The monoisotopic (exact) mass is 178 g/mol. The van der Waals surface area contributed by atoms with Crippen LogP contribution in [-0.4, -0.2) is 0 Å². The van der Waals surface area contributed by atoms with Gasteiger partial charge >= 0.3 is 0 Å². The summed E-state index contributed by atoms with van der Waals surface area (Å²) < 4.78 is 0. The van der Waals surface area contributed by atoms with Gasteiger partial charge in [-0.1, -0.05) is 33.1 Å². The standard InChI is InChI=1S/C13H22/c1-12(2)13-10-8-6-4-3-5-7-9-11-13/h8,12H,3-7,9,11H2,1-2H3. The van der Waals surface area contributed by atoms with Crippen molar-refractivity contribution in [2.45, 2.75) is 58.8 Å². The molecule has 0 aromatic heterocycles. The number of hydrogen-bond acceptors (Lipinski definition) is 0. The fourth-order valence-corrected chi connectivity index (χ4v) is 1.82. The molecule has 1 rings (SSSR count). The second-order valence-corrected chi connectivity index (χ2v) is 4.33. The maximum absolute atomic E-state index is 3.48. The van der Waals surface area contributed by atoms with E-state index in [9.17, 15) is 0 Å². The van der Waals surface area contributed by atoms with E-state index in [1.807, 2.05) is 0 Å². The summed E-state index contributed by atoms with van der Waals surface area (Å²) in [6.07, 6.45) is 11.7. The zero-order valence-electron chi connectivity index (χ0n) is 9.10. The van der Waals surface area contributed by atoms with Crippen molar-refractivity contribution in [3.05, 3.63) is 17.4 Å². The summed E-state index contributed by atoms with van der Waals surface area (Å²) in [6, 6.07) is 0. The zero-order chi connectivity index (χ0) is 9.52. The van der Waals surface area contributed by atoms with Crippen molar-refractivity contribution >= 4 is 0 Å². The molecule has 0 spiro atoms. The maximum atomic E-state index is 3.48. The SMILES string of the molecule is CC(C)C1=C=CCCCCCCC1. The van der Waals surface area contributed by atoms with Crippen LogP contribution in [0.1, 0.15) is 58.8 Å². The Balaban J connectivity index is 2.58. The molecule has 0 unspecified atom stereocenters. The van der Waals surface area contributed by atoms with Gasteiger partial charge in [-0.25, -0.2) is 0 Å². The van der Waals surface area contributed by atoms with Crippen molar-refractivity contribution in [1.29, 1.82) is 0 Å². The third kappa shape index (κ3) is 4.33. The largest absolute Gasteiger partial charge is 0.126 e. The van der Waals surface area contributed by atoms with Crippen LogP contribution in [0.2, 0.25) is 0 Å². The minimum absolute atomic E-state index is 0.690. The number of rotatable bonds is 1. The van der Waals surface area contributed by atoms with Crippen LogP contribution >= 0.6 is 0 Å². The first kappa shape index (κ1) is 10.6. The van der Waals surface area contributed by atoms with E-state index in [1.54, 1.807) is 0 Å². The van der Waals surface area contributed by atoms with Gasteiger partial charge < -0.3 is 0 Å². The molecule has 0 aliphatic heterocycles. The molecule has 74 valence electrons. The van der Waals surface area contributed by atoms with Gasteiger partial charge in [0.15, 0.2) is 0 Å². The molecule has 0 nitrogen and oxygen atoms in total. The van der Waals surface area contributed by atoms with Crippen LogP contribution in [-0.2, 0) is 0 Å². The third-order valence-electron chi connectivity index (χ3n) is 2.78. The second-order valence-electron chi connectivity index (χ2n) is 4.33. The highest BCUT2D eigenvalue weighted by atomic mass is 14.1. The summed E-state index contributed by atoms with van der Waals surface area (Å²) in [5.74, 6) is 0.690. The molecule has 0 N–H and O–H groups in total. The molecule has 0 saturated heterocycles. The van der Waals surface area contributed by atoms with Crippen LogP contribution in [0, 0.1) is 5.92 Å². The Morgan fingerprint density at radius 3 is 2.54 bits per heavy atom. The van der Waals surface area contributed by atoms with Crippen molar-refractivity contribution in [3.8, 4) is 0 Å². The Morgan fingerprint density at radius 1 is 1.08 bits per heavy atom. The molecule has 1 aliphatic rings. The van der Waals surface area contributed by atoms with Crippen molar-refractivity contribution in [1.82, 2.24) is 0 Å². The molecular formula is C13H22. The van der Waals surface area contributed by atoms with Gasteiger partial charge in [0.1, 0.15) is 0 Å². The van der Waals surface area contributed by atoms with Crippen LogP contribution in [0.5, 0.6) is 0 Å². The molecule has 0 saturated carbocycles. The molecule has 0 amide bonds. The number of allylic oxidation sites excluding steroid dienone is 1. The molecule has 0 heteroatoms. The highest BCUT2D eigenvalue weighted by Gasteiger charge is 2.02. The highest BCUT2D eigenvalue weighted by Crippen LogP contribution is 2.18. The van der Waals surface area contributed by atoms with Gasteiger partial charge in [-0.05, 0) is 43.3 Å². The summed E-state index contributed by atoms with van der Waals surface area (Å²) in [4.78, 5) is 0. The smallest absolute Gasteiger partial charge is 0.0184 e. The van der Waals surface area contributed by atoms with E-state index in [0.717, 1.165) is 0 Å². The molecule has 0 heterocycles. The summed E-state index contributed by atoms with van der Waals surface area (Å²) in [5.41, 5.74) is 5.01. The van der Waals surface area contributed by atoms with Crippen LogP contribution in [0.15, 0.2) is 17.4 Å². The quantitative estimate of drug-likeness (QED) is 0.520. The van der Waals surface area contributed by atoms with Gasteiger partial charge in [0, 0.05) is 0 Å². The summed E-state index contributed by atoms with van der Waals surface area (Å²) in [5, 5.41) is 0. The summed E-state index contributed by atoms with van der Waals surface area (Å²) >= 11 is 0. The van der Waals surface area contributed by atoms with Crippen LogP contribution in [0.25, 0.3) is 0 Å². The average Bonchev–Trinajstić information content (AvgIpc) is 2.14. The van der Waals surface area contributed by atoms with Gasteiger partial charge in [-0.2, -0.15) is 0 Å². The first-order chi connectivity index (χ1) is 6.30. The molecule has 0 aromatic carbocycles. The first-order valence-corrected chi connectivity index (χ1v) is 5.74. The normalized spacial score (nSPS) is 20.1. The lowest BCUT2D eigenvalue weighted by Gasteiger charge is -2.09. The van der Waals surface area contributed by atoms with E-state index in [-0.39, 0.29) is 0 Å². The van der Waals surface area contributed by atoms with Gasteiger partial charge in [-0.3, -0.25) is 0 Å². The van der Waals surface area contributed by atoms with E-state index >= 15 is 0 Å². The van der Waals surface area contributed by atoms with Gasteiger partial charge in [0.2, 0.25) is 0 Å². The maximum Gasteiger partial charge on any atom is -0.0184 e. The Hall–Kier alpha value is -0.480. The molecule has 13 heavy (non-hydrogen) atoms. The zero-order valence-corrected chi connectivity index (χ0v) is 9.10. The first-order valence-electron chi connectivity index (χ1n) is 5.74. The molecule has 0 bridgehead atoms. The second kappa shape index (κ2) is 6.05. The summed E-state index contributed by atoms with van der Waals surface area (Å²) in [7, 11) is 0. The lowest BCUT2D eigenvalue weighted by Crippen LogP contribution is -1.94. The molecule has 0 radical (unpaired) electrons. The Morgan fingerprint density at radius 2 is 1.77 bits per heavy atom. The third-order valence-corrected chi connectivity index (χ3v) is 2.78. The van der Waals surface area contributed by atoms with E-state index in [0.29, 0.717) is 5.92 Å². The Kier molecular flexibility index (Phi) is 4.93. The highest BCUT2D eigenvalue weighted by molar-refractivity contribution is 5.04. The van der Waals surface area contributed by atoms with E-state index < -0.39 is 0 Å². The van der Waals surface area contributed by atoms with Gasteiger partial charge in [0.05, 0.1) is 0 Å². The van der Waals surface area contributed by atoms with Crippen molar-refractivity contribution in [2.75, 3.05) is 0 Å². The minimum Gasteiger partial charge on any atom is -0.126 e. The molecule has 0 fully saturated rings. The minimum atomic E-state index is 0.690. The average molecular weight is 178 g/mol. The predicted molar refractivity (Wildman–Crippen MR) is 58.8 cm³/mol. The molecule has 1 aliphatic carbocycles. The van der Waals surface area contributed by atoms with Crippen molar-refractivity contribution in [2.24, 2.45) is 5.92 Å². The van der Waals surface area contributed by atoms with E-state index in [2.05, 4.69) is 25.7 Å². The van der Waals surface area contributed by atoms with E-state index in [1.165, 1.54) is 50.5 Å². The fourth-order valence-electron chi connectivity index (χ4n) is 1.82. The van der Waals surface area contributed by atoms with Gasteiger partial charge in [-0.15, -0.1) is 5.73 Å². The Bertz CT molecular complexity index is 192. The van der Waals surface area contributed by atoms with E-state index in [4.69, 9.17) is 0 Å². The fraction of sp³-hybridized carbons (Fsp3) is 0.769. The molecule has 0 aromatic rings. The summed E-state index contributed by atoms with van der Waals surface area (Å²) in [6.45, 7) is 4.56. The lowest BCUT2D eigenvalue weighted by atomic mass is 9.96. The predicted octanol–water partition coefficient (Wildman–Crippen LogP) is 4.47. The lowest BCUT2D eigenvalue weighted by molar-refractivity contribution is 0.592. The molecule has 0 atom stereocenters. The van der Waals surface area contributed by atoms with Crippen LogP contribution < -0.4 is 0 Å². The van der Waals surface area contributed by atoms with Crippen molar-refractivity contribution < 1.29 is 0 Å². The van der Waals surface area contributed by atoms with Gasteiger partial charge in [0.25, 0.3) is 0 Å². The number of hydrogen-bond donors (Lipinski definition) is 0. The van der Waals surface area contributed by atoms with Crippen molar-refractivity contribution in [3.63, 3.8) is 0 Å². The Labute approximate surface area is 82.7 Å². The van der Waals surface area contributed by atoms with Crippen LogP contribution in [0.3, 0.4) is 0 Å². The molecular weight excluding hydrogens is 156 g/mol. The topological polar surface area (TPSA) is 0 Å².